The fourth-order valence-corrected chi connectivity index (χ4v) is 5.19. The van der Waals surface area contributed by atoms with Gasteiger partial charge < -0.3 is 9.73 Å². The number of fused-ring (bicyclic) bond motifs is 3. The van der Waals surface area contributed by atoms with Crippen molar-refractivity contribution in [1.29, 1.82) is 0 Å². The number of hydrogen-bond acceptors (Lipinski definition) is 2. The monoisotopic (exact) mass is 487 g/mol. The van der Waals surface area contributed by atoms with E-state index in [1.165, 1.54) is 33.4 Å². The molecule has 1 aromatic heterocycles. The third-order valence-electron chi connectivity index (χ3n) is 7.06. The molecule has 0 radical (unpaired) electrons. The maximum absolute atomic E-state index is 6.27. The Balaban J connectivity index is 1.27. The minimum Gasteiger partial charge on any atom is -0.456 e. The SMILES string of the molecule is c1ccc(-c2ccc(Nc3ccc4oc5cccc(-c6cccc(-c7ccccc7)c6)c5c4c3)cc2)cc1. The average molecular weight is 488 g/mol. The molecule has 7 aromatic rings. The Kier molecular flexibility index (Phi) is 5.49. The topological polar surface area (TPSA) is 25.2 Å². The third kappa shape index (κ3) is 4.12. The van der Waals surface area contributed by atoms with Crippen molar-refractivity contribution < 1.29 is 4.42 Å². The lowest BCUT2D eigenvalue weighted by Gasteiger charge is -2.09. The lowest BCUT2D eigenvalue weighted by molar-refractivity contribution is 0.669. The van der Waals surface area contributed by atoms with Crippen LogP contribution in [0.15, 0.2) is 150 Å². The first-order chi connectivity index (χ1) is 18.8. The summed E-state index contributed by atoms with van der Waals surface area (Å²) in [6.07, 6.45) is 0. The lowest BCUT2D eigenvalue weighted by Crippen LogP contribution is -1.90. The zero-order valence-corrected chi connectivity index (χ0v) is 20.8. The van der Waals surface area contributed by atoms with Gasteiger partial charge in [0.1, 0.15) is 11.2 Å². The smallest absolute Gasteiger partial charge is 0.136 e. The second-order valence-corrected chi connectivity index (χ2v) is 9.51. The van der Waals surface area contributed by atoms with Crippen LogP contribution in [0.5, 0.6) is 0 Å². The van der Waals surface area contributed by atoms with Crippen molar-refractivity contribution in [3.05, 3.63) is 146 Å². The average Bonchev–Trinajstić information content (AvgIpc) is 3.37. The Hall–Kier alpha value is -5.08. The summed E-state index contributed by atoms with van der Waals surface area (Å²) in [5, 5.41) is 5.82. The summed E-state index contributed by atoms with van der Waals surface area (Å²) in [5.74, 6) is 0. The van der Waals surface area contributed by atoms with Gasteiger partial charge in [-0.2, -0.15) is 0 Å². The molecule has 6 aromatic carbocycles. The van der Waals surface area contributed by atoms with E-state index in [1.807, 2.05) is 6.07 Å². The molecule has 0 amide bonds. The van der Waals surface area contributed by atoms with E-state index in [9.17, 15) is 0 Å². The van der Waals surface area contributed by atoms with Gasteiger partial charge in [0.05, 0.1) is 0 Å². The fraction of sp³-hybridized carbons (Fsp3) is 0. The van der Waals surface area contributed by atoms with E-state index >= 15 is 0 Å². The summed E-state index contributed by atoms with van der Waals surface area (Å²) in [6, 6.07) is 50.9. The maximum atomic E-state index is 6.27. The lowest BCUT2D eigenvalue weighted by atomic mass is 9.96. The van der Waals surface area contributed by atoms with Gasteiger partial charge in [-0.1, -0.05) is 103 Å². The number of nitrogens with one attached hydrogen (secondary N) is 1. The van der Waals surface area contributed by atoms with E-state index in [0.717, 1.165) is 33.3 Å². The number of anilines is 2. The van der Waals surface area contributed by atoms with Crippen molar-refractivity contribution in [2.75, 3.05) is 5.32 Å². The first-order valence-electron chi connectivity index (χ1n) is 12.9. The molecular weight excluding hydrogens is 462 g/mol. The summed E-state index contributed by atoms with van der Waals surface area (Å²) in [5.41, 5.74) is 11.0. The number of benzene rings is 6. The number of rotatable bonds is 5. The Labute approximate surface area is 221 Å². The van der Waals surface area contributed by atoms with Gasteiger partial charge in [0, 0.05) is 22.1 Å². The van der Waals surface area contributed by atoms with Crippen molar-refractivity contribution in [3.8, 4) is 33.4 Å². The van der Waals surface area contributed by atoms with E-state index in [2.05, 4.69) is 145 Å². The summed E-state index contributed by atoms with van der Waals surface area (Å²) in [6.45, 7) is 0. The van der Waals surface area contributed by atoms with Crippen molar-refractivity contribution in [2.24, 2.45) is 0 Å². The molecular formula is C36H25NO. The molecule has 38 heavy (non-hydrogen) atoms. The van der Waals surface area contributed by atoms with Gasteiger partial charge in [-0.05, 0) is 75.8 Å². The van der Waals surface area contributed by atoms with Crippen LogP contribution in [0.2, 0.25) is 0 Å². The minimum absolute atomic E-state index is 0.886. The normalized spacial score (nSPS) is 11.2. The molecule has 1 N–H and O–H groups in total. The van der Waals surface area contributed by atoms with E-state index in [-0.39, 0.29) is 0 Å². The van der Waals surface area contributed by atoms with Crippen LogP contribution in [0.1, 0.15) is 0 Å². The highest BCUT2D eigenvalue weighted by molar-refractivity contribution is 6.13. The highest BCUT2D eigenvalue weighted by Crippen LogP contribution is 2.39. The molecule has 1 heterocycles. The molecule has 0 aliphatic carbocycles. The Morgan fingerprint density at radius 3 is 1.76 bits per heavy atom. The number of hydrogen-bond donors (Lipinski definition) is 1. The first kappa shape index (κ1) is 22.1. The summed E-state index contributed by atoms with van der Waals surface area (Å²) in [7, 11) is 0. The molecule has 0 aliphatic heterocycles. The van der Waals surface area contributed by atoms with Gasteiger partial charge in [-0.3, -0.25) is 0 Å². The second-order valence-electron chi connectivity index (χ2n) is 9.51. The molecule has 2 heteroatoms. The molecule has 0 atom stereocenters. The molecule has 0 saturated carbocycles. The zero-order chi connectivity index (χ0) is 25.3. The molecule has 0 aliphatic rings. The van der Waals surface area contributed by atoms with Crippen LogP contribution in [-0.4, -0.2) is 0 Å². The van der Waals surface area contributed by atoms with Crippen molar-refractivity contribution >= 4 is 33.3 Å². The molecule has 0 bridgehead atoms. The third-order valence-corrected chi connectivity index (χ3v) is 7.06. The Morgan fingerprint density at radius 2 is 1.00 bits per heavy atom. The van der Waals surface area contributed by atoms with Gasteiger partial charge in [-0.15, -0.1) is 0 Å². The predicted molar refractivity (Wildman–Crippen MR) is 160 cm³/mol. The molecule has 7 rings (SSSR count). The van der Waals surface area contributed by atoms with Crippen molar-refractivity contribution in [3.63, 3.8) is 0 Å². The first-order valence-corrected chi connectivity index (χ1v) is 12.9. The van der Waals surface area contributed by atoms with Gasteiger partial charge in [-0.25, -0.2) is 0 Å². The van der Waals surface area contributed by atoms with Crippen LogP contribution in [0, 0.1) is 0 Å². The minimum atomic E-state index is 0.886. The summed E-state index contributed by atoms with van der Waals surface area (Å²) >= 11 is 0. The van der Waals surface area contributed by atoms with Crippen LogP contribution >= 0.6 is 0 Å². The quantitative estimate of drug-likeness (QED) is 0.261. The highest BCUT2D eigenvalue weighted by atomic mass is 16.3. The Bertz CT molecular complexity index is 1870. The fourth-order valence-electron chi connectivity index (χ4n) is 5.19. The molecule has 180 valence electrons. The van der Waals surface area contributed by atoms with E-state index < -0.39 is 0 Å². The zero-order valence-electron chi connectivity index (χ0n) is 20.8. The van der Waals surface area contributed by atoms with E-state index in [1.54, 1.807) is 0 Å². The molecule has 2 nitrogen and oxygen atoms in total. The standard InChI is InChI=1S/C36H25NO/c1-3-9-25(10-4-1)27-17-19-30(20-18-27)37-31-21-22-34-33(24-31)36-32(15-8-16-35(36)38-34)29-14-7-13-28(23-29)26-11-5-2-6-12-26/h1-24,37H. The summed E-state index contributed by atoms with van der Waals surface area (Å²) < 4.78 is 6.27. The van der Waals surface area contributed by atoms with Crippen molar-refractivity contribution in [2.45, 2.75) is 0 Å². The van der Waals surface area contributed by atoms with Crippen LogP contribution in [0.25, 0.3) is 55.3 Å². The van der Waals surface area contributed by atoms with Gasteiger partial charge in [0.15, 0.2) is 0 Å². The Morgan fingerprint density at radius 1 is 0.395 bits per heavy atom. The second kappa shape index (κ2) is 9.42. The largest absolute Gasteiger partial charge is 0.456 e. The van der Waals surface area contributed by atoms with E-state index in [0.29, 0.717) is 0 Å². The van der Waals surface area contributed by atoms with E-state index in [4.69, 9.17) is 4.42 Å². The highest BCUT2D eigenvalue weighted by Gasteiger charge is 2.14. The van der Waals surface area contributed by atoms with Crippen molar-refractivity contribution in [1.82, 2.24) is 0 Å². The molecule has 0 saturated heterocycles. The molecule has 0 unspecified atom stereocenters. The van der Waals surface area contributed by atoms with Gasteiger partial charge in [0.25, 0.3) is 0 Å². The van der Waals surface area contributed by atoms with Gasteiger partial charge >= 0.3 is 0 Å². The summed E-state index contributed by atoms with van der Waals surface area (Å²) in [4.78, 5) is 0. The van der Waals surface area contributed by atoms with Crippen LogP contribution in [0.4, 0.5) is 11.4 Å². The molecule has 0 spiro atoms. The van der Waals surface area contributed by atoms with Crippen LogP contribution in [-0.2, 0) is 0 Å². The maximum Gasteiger partial charge on any atom is 0.136 e. The predicted octanol–water partition coefficient (Wildman–Crippen LogP) is 10.3. The van der Waals surface area contributed by atoms with Gasteiger partial charge in [0.2, 0.25) is 0 Å². The van der Waals surface area contributed by atoms with Crippen LogP contribution < -0.4 is 5.32 Å². The van der Waals surface area contributed by atoms with Crippen LogP contribution in [0.3, 0.4) is 0 Å². The molecule has 0 fully saturated rings. The number of furan rings is 1.